The lowest BCUT2D eigenvalue weighted by atomic mass is 9.73. The van der Waals surface area contributed by atoms with Crippen LogP contribution in [0.1, 0.15) is 25.0 Å². The van der Waals surface area contributed by atoms with Crippen molar-refractivity contribution in [2.24, 2.45) is 0 Å². The van der Waals surface area contributed by atoms with Crippen LogP contribution in [-0.2, 0) is 5.41 Å². The van der Waals surface area contributed by atoms with E-state index in [2.05, 4.69) is 140 Å². The van der Waals surface area contributed by atoms with Gasteiger partial charge >= 0.3 is 0 Å². The highest BCUT2D eigenvalue weighted by atomic mass is 32.1. The van der Waals surface area contributed by atoms with Crippen molar-refractivity contribution in [1.82, 2.24) is 9.97 Å². The first-order valence-corrected chi connectivity index (χ1v) is 16.8. The number of anilines is 3. The zero-order chi connectivity index (χ0) is 31.5. The number of aromatic nitrogens is 2. The predicted octanol–water partition coefficient (Wildman–Crippen LogP) is 12.0. The maximum Gasteiger partial charge on any atom is 0.159 e. The van der Waals surface area contributed by atoms with Crippen molar-refractivity contribution < 1.29 is 0 Å². The SMILES string of the molecule is CC1(C)c2ccccc2N(c2ccc(-c3cnc(-c4ccccc4)nc3-c3ccccc3)cc2)c2cc3sc4ccccc4c3cc21. The summed E-state index contributed by atoms with van der Waals surface area (Å²) >= 11 is 1.87. The second-order valence-corrected chi connectivity index (χ2v) is 13.8. The van der Waals surface area contributed by atoms with E-state index < -0.39 is 0 Å². The molecule has 0 radical (unpaired) electrons. The van der Waals surface area contributed by atoms with Crippen LogP contribution in [0.4, 0.5) is 17.1 Å². The molecule has 0 N–H and O–H groups in total. The molecule has 0 fully saturated rings. The van der Waals surface area contributed by atoms with E-state index in [1.54, 1.807) is 0 Å². The van der Waals surface area contributed by atoms with Gasteiger partial charge in [0, 0.05) is 54.2 Å². The van der Waals surface area contributed by atoms with Crippen molar-refractivity contribution >= 4 is 48.6 Å². The summed E-state index contributed by atoms with van der Waals surface area (Å²) in [4.78, 5) is 12.4. The number of thiophene rings is 1. The highest BCUT2D eigenvalue weighted by molar-refractivity contribution is 7.25. The summed E-state index contributed by atoms with van der Waals surface area (Å²) in [6.45, 7) is 4.71. The van der Waals surface area contributed by atoms with Crippen molar-refractivity contribution in [3.8, 4) is 33.8 Å². The third-order valence-corrected chi connectivity index (χ3v) is 10.7. The lowest BCUT2D eigenvalue weighted by molar-refractivity contribution is 0.633. The molecule has 47 heavy (non-hydrogen) atoms. The average molecular weight is 622 g/mol. The van der Waals surface area contributed by atoms with E-state index in [0.29, 0.717) is 0 Å². The Morgan fingerprint density at radius 1 is 0.553 bits per heavy atom. The van der Waals surface area contributed by atoms with E-state index in [1.807, 2.05) is 41.8 Å². The molecule has 3 nitrogen and oxygen atoms in total. The molecule has 0 amide bonds. The Hall–Kier alpha value is -5.58. The minimum atomic E-state index is -0.151. The van der Waals surface area contributed by atoms with E-state index in [1.165, 1.54) is 42.7 Å². The Labute approximate surface area is 278 Å². The number of fused-ring (bicyclic) bond motifs is 5. The Balaban J connectivity index is 1.19. The third kappa shape index (κ3) is 4.48. The molecule has 0 bridgehead atoms. The molecule has 6 aromatic carbocycles. The van der Waals surface area contributed by atoms with Gasteiger partial charge in [-0.15, -0.1) is 11.3 Å². The molecule has 1 aliphatic rings. The molecule has 0 atom stereocenters. The second-order valence-electron chi connectivity index (χ2n) is 12.7. The molecular weight excluding hydrogens is 591 g/mol. The molecule has 1 aliphatic heterocycles. The van der Waals surface area contributed by atoms with E-state index in [9.17, 15) is 0 Å². The molecule has 8 aromatic rings. The third-order valence-electron chi connectivity index (χ3n) is 9.53. The fourth-order valence-electron chi connectivity index (χ4n) is 7.12. The largest absolute Gasteiger partial charge is 0.310 e. The number of hydrogen-bond donors (Lipinski definition) is 0. The highest BCUT2D eigenvalue weighted by Gasteiger charge is 2.37. The van der Waals surface area contributed by atoms with E-state index >= 15 is 0 Å². The fourth-order valence-corrected chi connectivity index (χ4v) is 8.24. The molecule has 4 heteroatoms. The van der Waals surface area contributed by atoms with Crippen LogP contribution in [0.5, 0.6) is 0 Å². The van der Waals surface area contributed by atoms with Gasteiger partial charge in [-0.3, -0.25) is 0 Å². The zero-order valence-corrected chi connectivity index (χ0v) is 27.0. The van der Waals surface area contributed by atoms with Crippen molar-refractivity contribution in [1.29, 1.82) is 0 Å². The number of nitrogens with zero attached hydrogens (tertiary/aromatic N) is 3. The van der Waals surface area contributed by atoms with Gasteiger partial charge in [0.2, 0.25) is 0 Å². The normalized spacial score (nSPS) is 13.4. The average Bonchev–Trinajstić information content (AvgIpc) is 3.50. The smallest absolute Gasteiger partial charge is 0.159 e. The van der Waals surface area contributed by atoms with Crippen LogP contribution in [0.15, 0.2) is 152 Å². The predicted molar refractivity (Wildman–Crippen MR) is 198 cm³/mol. The number of rotatable bonds is 4. The first-order chi connectivity index (χ1) is 23.1. The van der Waals surface area contributed by atoms with Crippen LogP contribution in [0, 0.1) is 0 Å². The maximum absolute atomic E-state index is 5.10. The van der Waals surface area contributed by atoms with Gasteiger partial charge in [0.05, 0.1) is 17.1 Å². The molecule has 0 spiro atoms. The van der Waals surface area contributed by atoms with Gasteiger partial charge in [-0.05, 0) is 53.1 Å². The minimum absolute atomic E-state index is 0.151. The number of hydrogen-bond acceptors (Lipinski definition) is 4. The molecule has 3 heterocycles. The fraction of sp³-hybridized carbons (Fsp3) is 0.0698. The van der Waals surface area contributed by atoms with Crippen LogP contribution in [-0.4, -0.2) is 9.97 Å². The Morgan fingerprint density at radius 2 is 1.23 bits per heavy atom. The lowest BCUT2D eigenvalue weighted by Crippen LogP contribution is -2.30. The van der Waals surface area contributed by atoms with E-state index in [4.69, 9.17) is 9.97 Å². The summed E-state index contributed by atoms with van der Waals surface area (Å²) in [5.74, 6) is 0.724. The molecule has 0 aliphatic carbocycles. The summed E-state index contributed by atoms with van der Waals surface area (Å²) in [6, 6.07) is 51.9. The first-order valence-electron chi connectivity index (χ1n) is 16.0. The van der Waals surface area contributed by atoms with Crippen LogP contribution >= 0.6 is 11.3 Å². The maximum atomic E-state index is 5.10. The summed E-state index contributed by atoms with van der Waals surface area (Å²) in [6.07, 6.45) is 1.97. The summed E-state index contributed by atoms with van der Waals surface area (Å²) in [5.41, 5.74) is 11.2. The molecular formula is C43H31N3S. The zero-order valence-electron chi connectivity index (χ0n) is 26.2. The van der Waals surface area contributed by atoms with Crippen LogP contribution < -0.4 is 4.90 Å². The molecule has 224 valence electrons. The topological polar surface area (TPSA) is 29.0 Å². The van der Waals surface area contributed by atoms with Gasteiger partial charge in [-0.2, -0.15) is 0 Å². The first kappa shape index (κ1) is 27.7. The van der Waals surface area contributed by atoms with Crippen molar-refractivity contribution in [2.75, 3.05) is 4.90 Å². The van der Waals surface area contributed by atoms with Gasteiger partial charge in [0.15, 0.2) is 5.82 Å². The summed E-state index contributed by atoms with van der Waals surface area (Å²) in [7, 11) is 0. The summed E-state index contributed by atoms with van der Waals surface area (Å²) < 4.78 is 2.63. The molecule has 0 saturated carbocycles. The van der Waals surface area contributed by atoms with E-state index in [-0.39, 0.29) is 5.41 Å². The van der Waals surface area contributed by atoms with E-state index in [0.717, 1.165) is 39.5 Å². The van der Waals surface area contributed by atoms with Gasteiger partial charge in [-0.25, -0.2) is 9.97 Å². The van der Waals surface area contributed by atoms with Crippen molar-refractivity contribution in [2.45, 2.75) is 19.3 Å². The number of benzene rings is 6. The Morgan fingerprint density at radius 3 is 2.02 bits per heavy atom. The van der Waals surface area contributed by atoms with Crippen LogP contribution in [0.25, 0.3) is 53.9 Å². The van der Waals surface area contributed by atoms with Crippen molar-refractivity contribution in [3.63, 3.8) is 0 Å². The van der Waals surface area contributed by atoms with Gasteiger partial charge in [0.1, 0.15) is 0 Å². The molecule has 0 saturated heterocycles. The van der Waals surface area contributed by atoms with Gasteiger partial charge < -0.3 is 4.90 Å². The van der Waals surface area contributed by atoms with Gasteiger partial charge in [0.25, 0.3) is 0 Å². The Kier molecular flexibility index (Phi) is 6.34. The lowest BCUT2D eigenvalue weighted by Gasteiger charge is -2.42. The van der Waals surface area contributed by atoms with Crippen LogP contribution in [0.2, 0.25) is 0 Å². The minimum Gasteiger partial charge on any atom is -0.310 e. The Bertz CT molecular complexity index is 2430. The molecule has 9 rings (SSSR count). The monoisotopic (exact) mass is 621 g/mol. The van der Waals surface area contributed by atoms with Crippen LogP contribution in [0.3, 0.4) is 0 Å². The molecule has 0 unspecified atom stereocenters. The highest BCUT2D eigenvalue weighted by Crippen LogP contribution is 2.54. The summed E-state index contributed by atoms with van der Waals surface area (Å²) in [5, 5.41) is 2.66. The quantitative estimate of drug-likeness (QED) is 0.196. The second kappa shape index (κ2) is 10.8. The number of para-hydroxylation sites is 1. The van der Waals surface area contributed by atoms with Crippen molar-refractivity contribution in [3.05, 3.63) is 163 Å². The molecule has 2 aromatic heterocycles. The standard InChI is InChI=1S/C43H31N3S/c1-43(2)35-18-10-11-19-37(35)46(38-26-40-33(25-36(38)43)32-17-9-12-20-39(32)47-40)31-23-21-28(22-24-31)34-27-44-42(30-15-7-4-8-16-30)45-41(34)29-13-5-3-6-14-29/h3-27H,1-2H3. The van der Waals surface area contributed by atoms with Gasteiger partial charge in [-0.1, -0.05) is 123 Å².